The number of aromatic hydroxyl groups is 1. The molecule has 3 aliphatic carbocycles. The van der Waals surface area contributed by atoms with Crippen molar-refractivity contribution in [3.63, 3.8) is 0 Å². The summed E-state index contributed by atoms with van der Waals surface area (Å²) in [4.78, 5) is 0. The van der Waals surface area contributed by atoms with Gasteiger partial charge in [0.2, 0.25) is 0 Å². The van der Waals surface area contributed by atoms with E-state index in [0.717, 1.165) is 24.2 Å². The number of phenols is 1. The number of phenolic OH excluding ortho intramolecular Hbond substituents is 1. The molecule has 3 aliphatic rings. The van der Waals surface area contributed by atoms with Crippen LogP contribution in [0, 0.1) is 17.3 Å². The Kier molecular flexibility index (Phi) is 2.49. The fourth-order valence-corrected chi connectivity index (χ4v) is 5.59. The van der Waals surface area contributed by atoms with Gasteiger partial charge in [0.25, 0.3) is 0 Å². The summed E-state index contributed by atoms with van der Waals surface area (Å²) < 4.78 is 0. The molecule has 2 fully saturated rings. The Morgan fingerprint density at radius 2 is 2.05 bits per heavy atom. The first-order chi connectivity index (χ1) is 9.19. The number of hydrogen-bond acceptors (Lipinski definition) is 1. The van der Waals surface area contributed by atoms with Gasteiger partial charge in [-0.25, -0.2) is 0 Å². The molecule has 1 heteroatoms. The van der Waals surface area contributed by atoms with Gasteiger partial charge in [0.05, 0.1) is 0 Å². The predicted molar refractivity (Wildman–Crippen MR) is 77.3 cm³/mol. The monoisotopic (exact) mass is 256 g/mol. The number of rotatable bonds is 0. The van der Waals surface area contributed by atoms with E-state index in [1.54, 1.807) is 0 Å². The SMILES string of the molecule is C[C@@]12CCC[C@H]1[C@@H]1CCc3c(O)cccc3[C@H]1CC2. The van der Waals surface area contributed by atoms with Gasteiger partial charge < -0.3 is 5.11 Å². The normalized spacial score (nSPS) is 40.4. The zero-order valence-electron chi connectivity index (χ0n) is 11.9. The van der Waals surface area contributed by atoms with Crippen molar-refractivity contribution in [2.24, 2.45) is 17.3 Å². The largest absolute Gasteiger partial charge is 0.508 e. The molecule has 0 unspecified atom stereocenters. The number of fused-ring (bicyclic) bond motifs is 5. The van der Waals surface area contributed by atoms with Crippen LogP contribution in [0.4, 0.5) is 0 Å². The molecule has 4 rings (SSSR count). The van der Waals surface area contributed by atoms with E-state index in [4.69, 9.17) is 0 Å². The second-order valence-electron chi connectivity index (χ2n) is 7.35. The maximum atomic E-state index is 10.1. The van der Waals surface area contributed by atoms with Crippen LogP contribution >= 0.6 is 0 Å². The summed E-state index contributed by atoms with van der Waals surface area (Å²) in [5.74, 6) is 3.10. The van der Waals surface area contributed by atoms with Crippen molar-refractivity contribution in [2.75, 3.05) is 0 Å². The van der Waals surface area contributed by atoms with Crippen molar-refractivity contribution >= 4 is 0 Å². The molecule has 4 atom stereocenters. The van der Waals surface area contributed by atoms with E-state index in [1.807, 2.05) is 12.1 Å². The summed E-state index contributed by atoms with van der Waals surface area (Å²) in [5.41, 5.74) is 3.37. The fourth-order valence-electron chi connectivity index (χ4n) is 5.59. The average Bonchev–Trinajstić information content (AvgIpc) is 2.80. The van der Waals surface area contributed by atoms with E-state index in [2.05, 4.69) is 13.0 Å². The van der Waals surface area contributed by atoms with Crippen molar-refractivity contribution < 1.29 is 5.11 Å². The van der Waals surface area contributed by atoms with E-state index in [-0.39, 0.29) is 0 Å². The van der Waals surface area contributed by atoms with Gasteiger partial charge in [0, 0.05) is 0 Å². The lowest BCUT2D eigenvalue weighted by Gasteiger charge is -2.49. The zero-order chi connectivity index (χ0) is 13.0. The zero-order valence-corrected chi connectivity index (χ0v) is 11.9. The molecule has 0 radical (unpaired) electrons. The van der Waals surface area contributed by atoms with E-state index in [1.165, 1.54) is 49.7 Å². The molecule has 0 aliphatic heterocycles. The Labute approximate surface area is 116 Å². The third-order valence-corrected chi connectivity index (χ3v) is 6.53. The predicted octanol–water partition coefficient (Wildman–Crippen LogP) is 4.64. The van der Waals surface area contributed by atoms with E-state index >= 15 is 0 Å². The van der Waals surface area contributed by atoms with Crippen molar-refractivity contribution in [3.8, 4) is 5.75 Å². The molecular formula is C18H24O. The van der Waals surface area contributed by atoms with Crippen LogP contribution in [-0.4, -0.2) is 5.11 Å². The molecule has 1 nitrogen and oxygen atoms in total. The average molecular weight is 256 g/mol. The third-order valence-electron chi connectivity index (χ3n) is 6.53. The van der Waals surface area contributed by atoms with Crippen LogP contribution in [0.2, 0.25) is 0 Å². The van der Waals surface area contributed by atoms with Gasteiger partial charge in [-0.3, -0.25) is 0 Å². The first kappa shape index (κ1) is 11.8. The van der Waals surface area contributed by atoms with Gasteiger partial charge in [-0.1, -0.05) is 25.5 Å². The molecule has 0 heterocycles. The molecule has 0 saturated heterocycles. The van der Waals surface area contributed by atoms with Gasteiger partial charge in [0.15, 0.2) is 0 Å². The van der Waals surface area contributed by atoms with Crippen LogP contribution in [0.25, 0.3) is 0 Å². The quantitative estimate of drug-likeness (QED) is 0.717. The highest BCUT2D eigenvalue weighted by molar-refractivity contribution is 5.43. The summed E-state index contributed by atoms with van der Waals surface area (Å²) in [7, 11) is 0. The molecule has 102 valence electrons. The summed E-state index contributed by atoms with van der Waals surface area (Å²) >= 11 is 0. The molecule has 0 spiro atoms. The summed E-state index contributed by atoms with van der Waals surface area (Å²) in [6, 6.07) is 6.18. The van der Waals surface area contributed by atoms with Crippen LogP contribution in [-0.2, 0) is 6.42 Å². The minimum absolute atomic E-state index is 0.538. The standard InChI is InChI=1S/C18H24O/c1-18-10-3-5-16(18)14-7-8-15-12(13(14)9-11-18)4-2-6-17(15)19/h2,4,6,13-14,16,19H,3,5,7-11H2,1H3/t13-,14-,16+,18+/m1/s1. The van der Waals surface area contributed by atoms with Gasteiger partial charge in [-0.2, -0.15) is 0 Å². The molecule has 0 aromatic heterocycles. The second-order valence-corrected chi connectivity index (χ2v) is 7.35. The number of hydrogen-bond donors (Lipinski definition) is 1. The molecule has 19 heavy (non-hydrogen) atoms. The van der Waals surface area contributed by atoms with Crippen LogP contribution in [0.3, 0.4) is 0 Å². The Bertz CT molecular complexity index is 506. The minimum Gasteiger partial charge on any atom is -0.508 e. The topological polar surface area (TPSA) is 20.2 Å². The van der Waals surface area contributed by atoms with Crippen molar-refractivity contribution in [3.05, 3.63) is 29.3 Å². The molecule has 0 amide bonds. The second kappa shape index (κ2) is 4.01. The van der Waals surface area contributed by atoms with Crippen LogP contribution in [0.15, 0.2) is 18.2 Å². The van der Waals surface area contributed by atoms with Crippen LogP contribution in [0.1, 0.15) is 62.5 Å². The highest BCUT2D eigenvalue weighted by Gasteiger charge is 2.50. The molecular weight excluding hydrogens is 232 g/mol. The van der Waals surface area contributed by atoms with Crippen molar-refractivity contribution in [1.29, 1.82) is 0 Å². The van der Waals surface area contributed by atoms with E-state index in [0.29, 0.717) is 11.2 Å². The van der Waals surface area contributed by atoms with Gasteiger partial charge in [-0.15, -0.1) is 0 Å². The smallest absolute Gasteiger partial charge is 0.119 e. The van der Waals surface area contributed by atoms with Crippen molar-refractivity contribution in [1.82, 2.24) is 0 Å². The van der Waals surface area contributed by atoms with E-state index < -0.39 is 0 Å². The molecule has 2 saturated carbocycles. The Morgan fingerprint density at radius 3 is 2.95 bits per heavy atom. The highest BCUT2D eigenvalue weighted by Crippen LogP contribution is 2.61. The third kappa shape index (κ3) is 1.60. The minimum atomic E-state index is 0.538. The summed E-state index contributed by atoms with van der Waals surface area (Å²) in [5, 5.41) is 10.1. The first-order valence-electron chi connectivity index (χ1n) is 8.00. The lowest BCUT2D eigenvalue weighted by molar-refractivity contribution is 0.0595. The molecule has 1 aromatic rings. The van der Waals surface area contributed by atoms with Crippen molar-refractivity contribution in [2.45, 2.75) is 57.8 Å². The summed E-state index contributed by atoms with van der Waals surface area (Å²) in [6.07, 6.45) is 9.48. The molecule has 0 bridgehead atoms. The van der Waals surface area contributed by atoms with E-state index in [9.17, 15) is 5.11 Å². The maximum absolute atomic E-state index is 10.1. The highest BCUT2D eigenvalue weighted by atomic mass is 16.3. The van der Waals surface area contributed by atoms with Crippen LogP contribution < -0.4 is 0 Å². The first-order valence-corrected chi connectivity index (χ1v) is 8.00. The lowest BCUT2D eigenvalue weighted by atomic mass is 9.56. The fraction of sp³-hybridized carbons (Fsp3) is 0.667. The van der Waals surface area contributed by atoms with Crippen LogP contribution in [0.5, 0.6) is 5.75 Å². The molecule has 1 aromatic carbocycles. The maximum Gasteiger partial charge on any atom is 0.119 e. The number of benzene rings is 1. The Hall–Kier alpha value is -0.980. The van der Waals surface area contributed by atoms with Gasteiger partial charge in [0.1, 0.15) is 5.75 Å². The Morgan fingerprint density at radius 1 is 1.16 bits per heavy atom. The van der Waals surface area contributed by atoms with Gasteiger partial charge in [-0.05, 0) is 78.9 Å². The summed E-state index contributed by atoms with van der Waals surface area (Å²) in [6.45, 7) is 2.54. The molecule has 1 N–H and O–H groups in total. The lowest BCUT2D eigenvalue weighted by Crippen LogP contribution is -2.39. The Balaban J connectivity index is 1.74. The van der Waals surface area contributed by atoms with Gasteiger partial charge >= 0.3 is 0 Å².